The molecule has 0 radical (unpaired) electrons. The van der Waals surface area contributed by atoms with Gasteiger partial charge in [-0.1, -0.05) is 12.1 Å². The van der Waals surface area contributed by atoms with E-state index < -0.39 is 0 Å². The molecule has 0 N–H and O–H groups in total. The molecular formula is C8H5NO3. The molecule has 0 spiro atoms. The summed E-state index contributed by atoms with van der Waals surface area (Å²) in [7, 11) is 0. The van der Waals surface area contributed by atoms with Crippen molar-refractivity contribution >= 4 is 17.4 Å². The average molecular weight is 163 g/mol. The molecule has 1 aromatic carbocycles. The van der Waals surface area contributed by atoms with Gasteiger partial charge in [-0.3, -0.25) is 4.79 Å². The molecule has 4 heteroatoms. The van der Waals surface area contributed by atoms with Gasteiger partial charge >= 0.3 is 0 Å². The highest BCUT2D eigenvalue weighted by Gasteiger charge is 2.06. The van der Waals surface area contributed by atoms with Crippen molar-refractivity contribution in [3.05, 3.63) is 24.3 Å². The molecule has 0 saturated heterocycles. The van der Waals surface area contributed by atoms with Crippen LogP contribution in [-0.2, 0) is 4.79 Å². The van der Waals surface area contributed by atoms with E-state index in [9.17, 15) is 4.79 Å². The number of hydrogen-bond acceptors (Lipinski definition) is 4. The third-order valence-corrected chi connectivity index (χ3v) is 1.50. The molecular weight excluding hydrogens is 158 g/mol. The number of aromatic nitrogens is 1. The van der Waals surface area contributed by atoms with Crippen LogP contribution in [0.5, 0.6) is 5.88 Å². The highest BCUT2D eigenvalue weighted by molar-refractivity contribution is 5.82. The summed E-state index contributed by atoms with van der Waals surface area (Å²) in [6.07, 6.45) is 0. The van der Waals surface area contributed by atoms with E-state index in [-0.39, 0.29) is 5.88 Å². The average Bonchev–Trinajstić information content (AvgIpc) is 2.50. The first-order valence-electron chi connectivity index (χ1n) is 3.36. The summed E-state index contributed by atoms with van der Waals surface area (Å²) in [6.45, 7) is 0.324. The molecule has 0 aliphatic carbocycles. The van der Waals surface area contributed by atoms with Gasteiger partial charge in [0.1, 0.15) is 0 Å². The van der Waals surface area contributed by atoms with Gasteiger partial charge in [-0.25, -0.2) is 0 Å². The van der Waals surface area contributed by atoms with Crippen molar-refractivity contribution in [2.45, 2.75) is 0 Å². The van der Waals surface area contributed by atoms with Crippen LogP contribution in [-0.4, -0.2) is 11.6 Å². The van der Waals surface area contributed by atoms with Crippen molar-refractivity contribution in [2.24, 2.45) is 0 Å². The molecule has 0 saturated carbocycles. The first-order chi connectivity index (χ1) is 5.92. The Kier molecular flexibility index (Phi) is 1.51. The van der Waals surface area contributed by atoms with Crippen LogP contribution >= 0.6 is 0 Å². The molecule has 12 heavy (non-hydrogen) atoms. The molecule has 1 aromatic heterocycles. The van der Waals surface area contributed by atoms with Crippen LogP contribution in [0.2, 0.25) is 0 Å². The molecule has 2 aromatic rings. The Morgan fingerprint density at radius 3 is 3.08 bits per heavy atom. The first kappa shape index (κ1) is 6.84. The molecule has 1 heterocycles. The maximum absolute atomic E-state index is 10.0. The van der Waals surface area contributed by atoms with Crippen molar-refractivity contribution in [2.75, 3.05) is 0 Å². The quantitative estimate of drug-likeness (QED) is 0.627. The Bertz CT molecular complexity index is 407. The largest absolute Gasteiger partial charge is 0.406 e. The monoisotopic (exact) mass is 163 g/mol. The Morgan fingerprint density at radius 1 is 1.42 bits per heavy atom. The van der Waals surface area contributed by atoms with Crippen LogP contribution in [0.4, 0.5) is 0 Å². The fraction of sp³-hybridized carbons (Fsp3) is 0. The van der Waals surface area contributed by atoms with Gasteiger partial charge in [0.15, 0.2) is 5.58 Å². The molecule has 0 unspecified atom stereocenters. The zero-order valence-corrected chi connectivity index (χ0v) is 6.06. The summed E-state index contributed by atoms with van der Waals surface area (Å²) in [5, 5.41) is 4.26. The molecule has 0 aliphatic heterocycles. The van der Waals surface area contributed by atoms with Crippen molar-refractivity contribution in [3.63, 3.8) is 0 Å². The Hall–Kier alpha value is -1.84. The third-order valence-electron chi connectivity index (χ3n) is 1.50. The van der Waals surface area contributed by atoms with Crippen LogP contribution in [0.3, 0.4) is 0 Å². The summed E-state index contributed by atoms with van der Waals surface area (Å²) in [5.41, 5.74) is 0.606. The molecule has 0 aliphatic rings. The minimum Gasteiger partial charge on any atom is -0.406 e. The van der Waals surface area contributed by atoms with Crippen molar-refractivity contribution in [3.8, 4) is 5.88 Å². The fourth-order valence-corrected chi connectivity index (χ4v) is 0.993. The van der Waals surface area contributed by atoms with Crippen molar-refractivity contribution < 1.29 is 14.1 Å². The number of nitrogens with zero attached hydrogens (tertiary/aromatic N) is 1. The fourth-order valence-electron chi connectivity index (χ4n) is 0.993. The predicted octanol–water partition coefficient (Wildman–Crippen LogP) is 1.36. The van der Waals surface area contributed by atoms with Gasteiger partial charge < -0.3 is 9.26 Å². The summed E-state index contributed by atoms with van der Waals surface area (Å²) in [6, 6.07) is 7.15. The zero-order chi connectivity index (χ0) is 8.39. The third kappa shape index (κ3) is 0.934. The number of rotatable bonds is 2. The Morgan fingerprint density at radius 2 is 2.25 bits per heavy atom. The van der Waals surface area contributed by atoms with Gasteiger partial charge in [0, 0.05) is 0 Å². The van der Waals surface area contributed by atoms with E-state index in [1.54, 1.807) is 12.1 Å². The van der Waals surface area contributed by atoms with Crippen molar-refractivity contribution in [1.82, 2.24) is 5.16 Å². The van der Waals surface area contributed by atoms with Gasteiger partial charge in [0.25, 0.3) is 12.4 Å². The maximum Gasteiger partial charge on any atom is 0.299 e. The van der Waals surface area contributed by atoms with E-state index in [1.165, 1.54) is 0 Å². The number of ether oxygens (including phenoxy) is 1. The second-order valence-corrected chi connectivity index (χ2v) is 2.20. The summed E-state index contributed by atoms with van der Waals surface area (Å²) < 4.78 is 9.44. The molecule has 0 bridgehead atoms. The van der Waals surface area contributed by atoms with E-state index in [0.717, 1.165) is 0 Å². The summed E-state index contributed by atoms with van der Waals surface area (Å²) in [5.74, 6) is 0.209. The van der Waals surface area contributed by atoms with Crippen molar-refractivity contribution in [1.29, 1.82) is 0 Å². The lowest BCUT2D eigenvalue weighted by atomic mass is 10.3. The second-order valence-electron chi connectivity index (χ2n) is 2.20. The minimum atomic E-state index is 0.209. The zero-order valence-electron chi connectivity index (χ0n) is 6.06. The van der Waals surface area contributed by atoms with Crippen LogP contribution in [0.15, 0.2) is 28.8 Å². The normalized spacial score (nSPS) is 10.0. The van der Waals surface area contributed by atoms with Crippen LogP contribution < -0.4 is 4.74 Å². The topological polar surface area (TPSA) is 52.3 Å². The molecule has 0 amide bonds. The highest BCUT2D eigenvalue weighted by Crippen LogP contribution is 2.23. The van der Waals surface area contributed by atoms with E-state index in [4.69, 9.17) is 4.52 Å². The highest BCUT2D eigenvalue weighted by atomic mass is 16.6. The van der Waals surface area contributed by atoms with E-state index >= 15 is 0 Å². The summed E-state index contributed by atoms with van der Waals surface area (Å²) in [4.78, 5) is 10.0. The van der Waals surface area contributed by atoms with E-state index in [0.29, 0.717) is 17.4 Å². The number of hydrogen-bond donors (Lipinski definition) is 0. The number of para-hydroxylation sites is 1. The lowest BCUT2D eigenvalue weighted by molar-refractivity contribution is -0.121. The van der Waals surface area contributed by atoms with Gasteiger partial charge in [-0.2, -0.15) is 0 Å². The first-order valence-corrected chi connectivity index (χ1v) is 3.36. The molecule has 0 fully saturated rings. The lowest BCUT2D eigenvalue weighted by Crippen LogP contribution is -1.87. The summed E-state index contributed by atoms with van der Waals surface area (Å²) >= 11 is 0. The van der Waals surface area contributed by atoms with Gasteiger partial charge in [0.05, 0.1) is 5.39 Å². The Labute approximate surface area is 67.7 Å². The van der Waals surface area contributed by atoms with Crippen LogP contribution in [0.25, 0.3) is 11.0 Å². The van der Waals surface area contributed by atoms with Gasteiger partial charge in [0.2, 0.25) is 0 Å². The molecule has 60 valence electrons. The van der Waals surface area contributed by atoms with Crippen LogP contribution in [0, 0.1) is 0 Å². The van der Waals surface area contributed by atoms with Crippen LogP contribution in [0.1, 0.15) is 0 Å². The minimum absolute atomic E-state index is 0.209. The number of benzene rings is 1. The number of fused-ring (bicyclic) bond motifs is 1. The Balaban J connectivity index is 2.62. The second kappa shape index (κ2) is 2.65. The smallest absolute Gasteiger partial charge is 0.299 e. The SMILES string of the molecule is O=COc1noc2ccccc12. The molecule has 4 nitrogen and oxygen atoms in total. The maximum atomic E-state index is 10.0. The van der Waals surface area contributed by atoms with Gasteiger partial charge in [-0.15, -0.1) is 0 Å². The predicted molar refractivity (Wildman–Crippen MR) is 40.7 cm³/mol. The van der Waals surface area contributed by atoms with E-state index in [2.05, 4.69) is 9.89 Å². The standard InChI is InChI=1S/C8H5NO3/c10-5-11-8-6-3-1-2-4-7(6)12-9-8/h1-5H. The van der Waals surface area contributed by atoms with Gasteiger partial charge in [-0.05, 0) is 17.3 Å². The lowest BCUT2D eigenvalue weighted by Gasteiger charge is -1.87. The van der Waals surface area contributed by atoms with E-state index in [1.807, 2.05) is 12.1 Å². The molecule has 0 atom stereocenters. The number of carbonyl (C=O) groups excluding carboxylic acids is 1. The number of carbonyl (C=O) groups is 1. The molecule has 2 rings (SSSR count).